The molecule has 0 aromatic heterocycles. The van der Waals surface area contributed by atoms with E-state index < -0.39 is 6.09 Å². The van der Waals surface area contributed by atoms with Gasteiger partial charge in [-0.15, -0.1) is 0 Å². The Kier molecular flexibility index (Phi) is 4.04. The van der Waals surface area contributed by atoms with Gasteiger partial charge >= 0.3 is 6.09 Å². The van der Waals surface area contributed by atoms with E-state index in [9.17, 15) is 4.79 Å². The molecule has 18 heavy (non-hydrogen) atoms. The Morgan fingerprint density at radius 2 is 2.22 bits per heavy atom. The lowest BCUT2D eigenvalue weighted by Crippen LogP contribution is -2.24. The van der Waals surface area contributed by atoms with Crippen molar-refractivity contribution < 1.29 is 14.6 Å². The zero-order valence-electron chi connectivity index (χ0n) is 10.3. The second kappa shape index (κ2) is 5.73. The van der Waals surface area contributed by atoms with E-state index in [1.807, 2.05) is 31.2 Å². The average molecular weight is 250 g/mol. The van der Waals surface area contributed by atoms with Gasteiger partial charge in [-0.2, -0.15) is 0 Å². The fraction of sp³-hybridized carbons (Fsp3) is 0.462. The van der Waals surface area contributed by atoms with Crippen LogP contribution in [0.5, 0.6) is 5.75 Å². The van der Waals surface area contributed by atoms with Gasteiger partial charge in [-0.1, -0.05) is 12.1 Å². The van der Waals surface area contributed by atoms with E-state index in [2.05, 4.69) is 10.6 Å². The summed E-state index contributed by atoms with van der Waals surface area (Å²) in [6.07, 6.45) is 0.254. The van der Waals surface area contributed by atoms with Gasteiger partial charge in [0, 0.05) is 6.54 Å². The number of amides is 1. The first-order valence-electron chi connectivity index (χ1n) is 6.12. The highest BCUT2D eigenvalue weighted by Gasteiger charge is 2.16. The van der Waals surface area contributed by atoms with Crippen LogP contribution in [0.3, 0.4) is 0 Å². The Bertz CT molecular complexity index is 399. The Hall–Kier alpha value is -1.75. The molecule has 2 unspecified atom stereocenters. The molecule has 1 amide bonds. The summed E-state index contributed by atoms with van der Waals surface area (Å²) in [5, 5.41) is 14.3. The van der Waals surface area contributed by atoms with E-state index in [1.165, 1.54) is 0 Å². The van der Waals surface area contributed by atoms with Crippen LogP contribution < -0.4 is 15.4 Å². The van der Waals surface area contributed by atoms with Crippen molar-refractivity contribution >= 4 is 6.09 Å². The van der Waals surface area contributed by atoms with Crippen molar-refractivity contribution in [1.82, 2.24) is 10.6 Å². The van der Waals surface area contributed by atoms with E-state index in [0.717, 1.165) is 30.8 Å². The highest BCUT2D eigenvalue weighted by molar-refractivity contribution is 5.65. The smallest absolute Gasteiger partial charge is 0.405 e. The molecule has 2 rings (SSSR count). The Balaban J connectivity index is 1.94. The summed E-state index contributed by atoms with van der Waals surface area (Å²) in [6.45, 7) is 3.70. The lowest BCUT2D eigenvalue weighted by molar-refractivity contribution is 0.191. The highest BCUT2D eigenvalue weighted by atomic mass is 16.5. The van der Waals surface area contributed by atoms with Gasteiger partial charge in [-0.3, -0.25) is 0 Å². The van der Waals surface area contributed by atoms with Gasteiger partial charge < -0.3 is 20.5 Å². The van der Waals surface area contributed by atoms with Crippen molar-refractivity contribution in [2.45, 2.75) is 25.5 Å². The van der Waals surface area contributed by atoms with E-state index in [-0.39, 0.29) is 12.1 Å². The molecule has 1 aromatic rings. The quantitative estimate of drug-likeness (QED) is 0.761. The minimum absolute atomic E-state index is 0.218. The van der Waals surface area contributed by atoms with E-state index in [0.29, 0.717) is 0 Å². The van der Waals surface area contributed by atoms with Crippen LogP contribution in [0.25, 0.3) is 0 Å². The van der Waals surface area contributed by atoms with E-state index in [4.69, 9.17) is 9.84 Å². The number of nitrogens with one attached hydrogen (secondary N) is 2. The number of ether oxygens (including phenoxy) is 1. The zero-order valence-corrected chi connectivity index (χ0v) is 10.3. The Labute approximate surface area is 106 Å². The molecular formula is C13H18N2O3. The largest absolute Gasteiger partial charge is 0.489 e. The fourth-order valence-electron chi connectivity index (χ4n) is 2.02. The van der Waals surface area contributed by atoms with E-state index >= 15 is 0 Å². The van der Waals surface area contributed by atoms with Gasteiger partial charge in [0.15, 0.2) is 0 Å². The number of hydrogen-bond acceptors (Lipinski definition) is 3. The van der Waals surface area contributed by atoms with Crippen molar-refractivity contribution in [2.75, 3.05) is 13.1 Å². The van der Waals surface area contributed by atoms with Crippen molar-refractivity contribution in [3.8, 4) is 5.75 Å². The van der Waals surface area contributed by atoms with Crippen molar-refractivity contribution in [1.29, 1.82) is 0 Å². The van der Waals surface area contributed by atoms with Gasteiger partial charge in [0.2, 0.25) is 0 Å². The summed E-state index contributed by atoms with van der Waals surface area (Å²) >= 11 is 0. The van der Waals surface area contributed by atoms with Crippen LogP contribution in [0.2, 0.25) is 0 Å². The topological polar surface area (TPSA) is 70.6 Å². The van der Waals surface area contributed by atoms with Crippen LogP contribution >= 0.6 is 0 Å². The normalized spacial score (nSPS) is 20.4. The van der Waals surface area contributed by atoms with Crippen LogP contribution in [0, 0.1) is 0 Å². The SMILES string of the molecule is CC(NC(=O)O)c1ccc(OC2CCNC2)cc1. The third-order valence-electron chi connectivity index (χ3n) is 3.04. The summed E-state index contributed by atoms with van der Waals surface area (Å²) in [5.74, 6) is 0.829. The van der Waals surface area contributed by atoms with Crippen molar-refractivity contribution in [3.05, 3.63) is 29.8 Å². The minimum atomic E-state index is -1.01. The van der Waals surface area contributed by atoms with Crippen molar-refractivity contribution in [2.24, 2.45) is 0 Å². The molecule has 0 aliphatic carbocycles. The van der Waals surface area contributed by atoms with Gasteiger partial charge in [0.1, 0.15) is 11.9 Å². The van der Waals surface area contributed by atoms with Gasteiger partial charge in [-0.25, -0.2) is 4.79 Å². The standard InChI is InChI=1S/C13H18N2O3/c1-9(15-13(16)17)10-2-4-11(5-3-10)18-12-6-7-14-8-12/h2-5,9,12,14-15H,6-8H2,1H3,(H,16,17). The molecule has 5 heteroatoms. The van der Waals surface area contributed by atoms with Crippen molar-refractivity contribution in [3.63, 3.8) is 0 Å². The molecule has 1 heterocycles. The summed E-state index contributed by atoms with van der Waals surface area (Å²) in [4.78, 5) is 10.5. The molecule has 1 aliphatic heterocycles. The Morgan fingerprint density at radius 1 is 1.50 bits per heavy atom. The first-order chi connectivity index (χ1) is 8.65. The predicted molar refractivity (Wildman–Crippen MR) is 67.9 cm³/mol. The van der Waals surface area contributed by atoms with Crippen LogP contribution in [0.15, 0.2) is 24.3 Å². The van der Waals surface area contributed by atoms with Crippen LogP contribution in [-0.4, -0.2) is 30.4 Å². The molecule has 2 atom stereocenters. The zero-order chi connectivity index (χ0) is 13.0. The van der Waals surface area contributed by atoms with Crippen LogP contribution in [0.1, 0.15) is 24.9 Å². The highest BCUT2D eigenvalue weighted by Crippen LogP contribution is 2.19. The molecular weight excluding hydrogens is 232 g/mol. The number of carbonyl (C=O) groups is 1. The lowest BCUT2D eigenvalue weighted by atomic mass is 10.1. The van der Waals surface area contributed by atoms with Crippen LogP contribution in [0.4, 0.5) is 4.79 Å². The molecule has 1 aromatic carbocycles. The summed E-state index contributed by atoms with van der Waals surface area (Å²) in [5.41, 5.74) is 0.925. The minimum Gasteiger partial charge on any atom is -0.489 e. The first-order valence-corrected chi connectivity index (χ1v) is 6.12. The summed E-state index contributed by atoms with van der Waals surface area (Å²) < 4.78 is 5.79. The molecule has 1 fully saturated rings. The lowest BCUT2D eigenvalue weighted by Gasteiger charge is -2.15. The van der Waals surface area contributed by atoms with Gasteiger partial charge in [0.25, 0.3) is 0 Å². The monoisotopic (exact) mass is 250 g/mol. The molecule has 0 radical (unpaired) electrons. The molecule has 98 valence electrons. The molecule has 1 saturated heterocycles. The molecule has 0 spiro atoms. The predicted octanol–water partition coefficient (Wildman–Crippen LogP) is 1.76. The van der Waals surface area contributed by atoms with Crippen LogP contribution in [-0.2, 0) is 0 Å². The summed E-state index contributed by atoms with van der Waals surface area (Å²) in [6, 6.07) is 7.32. The first kappa shape index (κ1) is 12.7. The molecule has 0 saturated carbocycles. The Morgan fingerprint density at radius 3 is 2.78 bits per heavy atom. The van der Waals surface area contributed by atoms with Gasteiger partial charge in [0.05, 0.1) is 6.04 Å². The molecule has 0 bridgehead atoms. The average Bonchev–Trinajstić information content (AvgIpc) is 2.82. The summed E-state index contributed by atoms with van der Waals surface area (Å²) in [7, 11) is 0. The fourth-order valence-corrected chi connectivity index (χ4v) is 2.02. The van der Waals surface area contributed by atoms with Gasteiger partial charge in [-0.05, 0) is 37.6 Å². The number of benzene rings is 1. The third-order valence-corrected chi connectivity index (χ3v) is 3.04. The second-order valence-electron chi connectivity index (χ2n) is 4.47. The number of carboxylic acid groups (broad SMARTS) is 1. The maximum absolute atomic E-state index is 10.5. The number of hydrogen-bond donors (Lipinski definition) is 3. The molecule has 5 nitrogen and oxygen atoms in total. The molecule has 1 aliphatic rings. The second-order valence-corrected chi connectivity index (χ2v) is 4.47. The maximum Gasteiger partial charge on any atom is 0.405 e. The van der Waals surface area contributed by atoms with E-state index in [1.54, 1.807) is 0 Å². The number of rotatable bonds is 4. The maximum atomic E-state index is 10.5. The third kappa shape index (κ3) is 3.37. The molecule has 3 N–H and O–H groups in total.